The molecule has 0 spiro atoms. The number of fused-ring (bicyclic) bond motifs is 1. The topological polar surface area (TPSA) is 74.7 Å². The monoisotopic (exact) mass is 374 g/mol. The third-order valence-corrected chi connectivity index (χ3v) is 4.48. The molecule has 27 heavy (non-hydrogen) atoms. The van der Waals surface area contributed by atoms with E-state index >= 15 is 0 Å². The largest absolute Gasteiger partial charge is 0.301 e. The standard InChI is InChI=1S/C20H14N4O2S/c25-18-15(12-22-16-10-4-6-13-7-5-11-21-17(13)16)19(26)24(20(27)23-18)14-8-2-1-3-9-14/h1-12,15H,(H,23,25,27). The van der Waals surface area contributed by atoms with Gasteiger partial charge in [0.05, 0.1) is 16.9 Å². The van der Waals surface area contributed by atoms with Gasteiger partial charge in [-0.3, -0.25) is 24.5 Å². The lowest BCUT2D eigenvalue weighted by molar-refractivity contribution is -0.130. The molecule has 7 heteroatoms. The number of amides is 2. The molecule has 1 saturated heterocycles. The van der Waals surface area contributed by atoms with Gasteiger partial charge in [0.15, 0.2) is 11.0 Å². The predicted molar refractivity (Wildman–Crippen MR) is 108 cm³/mol. The number of hydrogen-bond acceptors (Lipinski definition) is 5. The van der Waals surface area contributed by atoms with Gasteiger partial charge in [-0.15, -0.1) is 0 Å². The summed E-state index contributed by atoms with van der Waals surface area (Å²) in [6.07, 6.45) is 3.02. The Bertz CT molecular complexity index is 1080. The van der Waals surface area contributed by atoms with Crippen molar-refractivity contribution in [2.45, 2.75) is 0 Å². The maximum atomic E-state index is 12.9. The minimum Gasteiger partial charge on any atom is -0.301 e. The molecule has 0 saturated carbocycles. The van der Waals surface area contributed by atoms with Gasteiger partial charge in [0.2, 0.25) is 5.91 Å². The Labute approximate surface area is 160 Å². The SMILES string of the molecule is O=C1NC(=S)N(c2ccccc2)C(=O)C1C=Nc1cccc2cccnc12. The van der Waals surface area contributed by atoms with E-state index in [0.29, 0.717) is 16.9 Å². The second-order valence-electron chi connectivity index (χ2n) is 5.91. The maximum Gasteiger partial charge on any atom is 0.251 e. The highest BCUT2D eigenvalue weighted by Crippen LogP contribution is 2.24. The molecule has 1 fully saturated rings. The van der Waals surface area contributed by atoms with Crippen LogP contribution in [0.1, 0.15) is 0 Å². The van der Waals surface area contributed by atoms with Crippen LogP contribution in [0.4, 0.5) is 11.4 Å². The van der Waals surface area contributed by atoms with Crippen LogP contribution in [0.3, 0.4) is 0 Å². The second kappa shape index (κ2) is 7.05. The van der Waals surface area contributed by atoms with Crippen LogP contribution in [0.25, 0.3) is 10.9 Å². The summed E-state index contributed by atoms with van der Waals surface area (Å²) in [6.45, 7) is 0. The van der Waals surface area contributed by atoms with Gasteiger partial charge in [0.1, 0.15) is 0 Å². The summed E-state index contributed by atoms with van der Waals surface area (Å²) in [6, 6.07) is 18.3. The van der Waals surface area contributed by atoms with Gasteiger partial charge < -0.3 is 5.32 Å². The molecule has 2 heterocycles. The zero-order chi connectivity index (χ0) is 18.8. The molecular formula is C20H14N4O2S. The van der Waals surface area contributed by atoms with E-state index in [4.69, 9.17) is 12.2 Å². The molecule has 1 unspecified atom stereocenters. The highest BCUT2D eigenvalue weighted by atomic mass is 32.1. The Morgan fingerprint density at radius 1 is 1.04 bits per heavy atom. The molecule has 2 amide bonds. The number of para-hydroxylation sites is 2. The number of carbonyl (C=O) groups excluding carboxylic acids is 2. The molecule has 132 valence electrons. The number of hydrogen-bond donors (Lipinski definition) is 1. The normalized spacial score (nSPS) is 17.6. The van der Waals surface area contributed by atoms with Crippen molar-refractivity contribution in [3.05, 3.63) is 66.9 Å². The van der Waals surface area contributed by atoms with Crippen LogP contribution >= 0.6 is 12.2 Å². The summed E-state index contributed by atoms with van der Waals surface area (Å²) >= 11 is 5.18. The summed E-state index contributed by atoms with van der Waals surface area (Å²) in [5, 5.41) is 3.56. The number of aliphatic imine (C=N–C) groups is 1. The molecule has 2 aromatic carbocycles. The highest BCUT2D eigenvalue weighted by molar-refractivity contribution is 7.80. The van der Waals surface area contributed by atoms with Gasteiger partial charge in [-0.2, -0.15) is 0 Å². The number of rotatable bonds is 3. The number of nitrogens with zero attached hydrogens (tertiary/aromatic N) is 3. The molecule has 1 aliphatic heterocycles. The van der Waals surface area contributed by atoms with Crippen LogP contribution < -0.4 is 10.2 Å². The fourth-order valence-electron chi connectivity index (χ4n) is 2.89. The van der Waals surface area contributed by atoms with Gasteiger partial charge in [0, 0.05) is 17.8 Å². The number of thiocarbonyl (C=S) groups is 1. The van der Waals surface area contributed by atoms with Crippen molar-refractivity contribution in [1.82, 2.24) is 10.3 Å². The molecule has 6 nitrogen and oxygen atoms in total. The van der Waals surface area contributed by atoms with E-state index in [2.05, 4.69) is 15.3 Å². The molecule has 1 atom stereocenters. The molecule has 1 aliphatic rings. The second-order valence-corrected chi connectivity index (χ2v) is 6.30. The lowest BCUT2D eigenvalue weighted by atomic mass is 10.1. The van der Waals surface area contributed by atoms with E-state index in [-0.39, 0.29) is 5.11 Å². The third kappa shape index (κ3) is 3.20. The molecule has 0 aliphatic carbocycles. The van der Waals surface area contributed by atoms with E-state index in [1.165, 1.54) is 11.1 Å². The number of aromatic nitrogens is 1. The Balaban J connectivity index is 1.68. The van der Waals surface area contributed by atoms with Crippen LogP contribution in [0.15, 0.2) is 71.9 Å². The van der Waals surface area contributed by atoms with Crippen LogP contribution in [0, 0.1) is 5.92 Å². The van der Waals surface area contributed by atoms with E-state index in [1.807, 2.05) is 30.3 Å². The number of nitrogens with one attached hydrogen (secondary N) is 1. The quantitative estimate of drug-likeness (QED) is 0.434. The van der Waals surface area contributed by atoms with Crippen LogP contribution in [0.5, 0.6) is 0 Å². The fourth-order valence-corrected chi connectivity index (χ4v) is 3.19. The zero-order valence-electron chi connectivity index (χ0n) is 14.1. The smallest absolute Gasteiger partial charge is 0.251 e. The van der Waals surface area contributed by atoms with Crippen molar-refractivity contribution >= 4 is 57.6 Å². The number of pyridine rings is 1. The number of benzene rings is 2. The summed E-state index contributed by atoms with van der Waals surface area (Å²) in [4.78, 5) is 35.2. The van der Waals surface area contributed by atoms with Crippen LogP contribution in [0.2, 0.25) is 0 Å². The lowest BCUT2D eigenvalue weighted by Gasteiger charge is -2.30. The highest BCUT2D eigenvalue weighted by Gasteiger charge is 2.38. The van der Waals surface area contributed by atoms with Crippen molar-refractivity contribution < 1.29 is 9.59 Å². The first kappa shape index (κ1) is 17.0. The van der Waals surface area contributed by atoms with Gasteiger partial charge in [-0.1, -0.05) is 36.4 Å². The fraction of sp³-hybridized carbons (Fsp3) is 0.0500. The van der Waals surface area contributed by atoms with Crippen LogP contribution in [-0.4, -0.2) is 28.1 Å². The average molecular weight is 374 g/mol. The minimum atomic E-state index is -1.07. The van der Waals surface area contributed by atoms with Crippen molar-refractivity contribution in [2.75, 3.05) is 4.90 Å². The Morgan fingerprint density at radius 2 is 1.81 bits per heavy atom. The van der Waals surface area contributed by atoms with E-state index in [9.17, 15) is 9.59 Å². The van der Waals surface area contributed by atoms with Crippen molar-refractivity contribution in [1.29, 1.82) is 0 Å². The first-order chi connectivity index (χ1) is 13.1. The van der Waals surface area contributed by atoms with E-state index in [1.54, 1.807) is 36.5 Å². The third-order valence-electron chi connectivity index (χ3n) is 4.19. The summed E-state index contributed by atoms with van der Waals surface area (Å²) < 4.78 is 0. The Kier molecular flexibility index (Phi) is 4.43. The zero-order valence-corrected chi connectivity index (χ0v) is 14.9. The van der Waals surface area contributed by atoms with E-state index in [0.717, 1.165) is 5.39 Å². The molecule has 0 bridgehead atoms. The van der Waals surface area contributed by atoms with E-state index < -0.39 is 17.7 Å². The average Bonchev–Trinajstić information content (AvgIpc) is 2.68. The van der Waals surface area contributed by atoms with Gasteiger partial charge in [0.25, 0.3) is 5.91 Å². The summed E-state index contributed by atoms with van der Waals surface area (Å²) in [5.74, 6) is -2.00. The lowest BCUT2D eigenvalue weighted by Crippen LogP contribution is -2.58. The number of anilines is 1. The first-order valence-electron chi connectivity index (χ1n) is 8.27. The molecule has 1 N–H and O–H groups in total. The summed E-state index contributed by atoms with van der Waals surface area (Å²) in [5.41, 5.74) is 1.89. The van der Waals surface area contributed by atoms with Crippen molar-refractivity contribution in [2.24, 2.45) is 10.9 Å². The maximum absolute atomic E-state index is 12.9. The molecule has 0 radical (unpaired) electrons. The van der Waals surface area contributed by atoms with Crippen molar-refractivity contribution in [3.8, 4) is 0 Å². The summed E-state index contributed by atoms with van der Waals surface area (Å²) in [7, 11) is 0. The minimum absolute atomic E-state index is 0.0627. The van der Waals surface area contributed by atoms with Gasteiger partial charge >= 0.3 is 0 Å². The Morgan fingerprint density at radius 3 is 2.63 bits per heavy atom. The number of carbonyl (C=O) groups is 2. The Hall–Kier alpha value is -3.45. The molecular weight excluding hydrogens is 360 g/mol. The molecule has 4 rings (SSSR count). The molecule has 3 aromatic rings. The molecule has 1 aromatic heterocycles. The predicted octanol–water partition coefficient (Wildman–Crippen LogP) is 3.00. The first-order valence-corrected chi connectivity index (χ1v) is 8.68. The van der Waals surface area contributed by atoms with Crippen molar-refractivity contribution in [3.63, 3.8) is 0 Å². The van der Waals surface area contributed by atoms with Gasteiger partial charge in [-0.25, -0.2) is 0 Å². The van der Waals surface area contributed by atoms with Crippen LogP contribution in [-0.2, 0) is 9.59 Å². The van der Waals surface area contributed by atoms with Gasteiger partial charge in [-0.05, 0) is 36.5 Å².